The first-order chi connectivity index (χ1) is 12.3. The van der Waals surface area contributed by atoms with E-state index in [0.29, 0.717) is 28.0 Å². The molecule has 0 atom stereocenters. The Morgan fingerprint density at radius 1 is 1.08 bits per heavy atom. The number of nitrogens with one attached hydrogen (secondary N) is 1. The molecule has 0 aliphatic carbocycles. The lowest BCUT2D eigenvalue weighted by Gasteiger charge is -2.11. The van der Waals surface area contributed by atoms with E-state index < -0.39 is 9.84 Å². The second-order valence-electron chi connectivity index (χ2n) is 5.85. The summed E-state index contributed by atoms with van der Waals surface area (Å²) in [5.74, 6) is 0.337. The number of carbonyl (C=O) groups is 1. The van der Waals surface area contributed by atoms with Crippen LogP contribution in [0.4, 0.5) is 5.69 Å². The van der Waals surface area contributed by atoms with Crippen molar-refractivity contribution in [3.05, 3.63) is 54.2 Å². The Bertz CT molecular complexity index is 1090. The van der Waals surface area contributed by atoms with Crippen LogP contribution in [0.3, 0.4) is 0 Å². The first-order valence-electron chi connectivity index (χ1n) is 7.89. The SMILES string of the molecule is COc1ccc2nc(C)cc(S(=O)(=O)c3ccc(NC(C)=O)cc3)c2c1. The summed E-state index contributed by atoms with van der Waals surface area (Å²) in [5, 5.41) is 3.12. The van der Waals surface area contributed by atoms with Crippen LogP contribution in [0.1, 0.15) is 12.6 Å². The highest BCUT2D eigenvalue weighted by atomic mass is 32.2. The minimum atomic E-state index is -3.77. The summed E-state index contributed by atoms with van der Waals surface area (Å²) in [6.07, 6.45) is 0. The van der Waals surface area contributed by atoms with Gasteiger partial charge in [-0.2, -0.15) is 0 Å². The maximum absolute atomic E-state index is 13.2. The predicted octanol–water partition coefficient (Wildman–Crippen LogP) is 3.34. The van der Waals surface area contributed by atoms with Gasteiger partial charge in [-0.25, -0.2) is 8.42 Å². The molecule has 1 heterocycles. The van der Waals surface area contributed by atoms with Crippen LogP contribution < -0.4 is 10.1 Å². The van der Waals surface area contributed by atoms with Gasteiger partial charge in [0.05, 0.1) is 22.4 Å². The molecule has 0 bridgehead atoms. The Morgan fingerprint density at radius 2 is 1.77 bits per heavy atom. The van der Waals surface area contributed by atoms with Crippen molar-refractivity contribution < 1.29 is 17.9 Å². The van der Waals surface area contributed by atoms with Gasteiger partial charge in [-0.3, -0.25) is 9.78 Å². The van der Waals surface area contributed by atoms with Crippen LogP contribution in [0.25, 0.3) is 10.9 Å². The summed E-state index contributed by atoms with van der Waals surface area (Å²) in [4.78, 5) is 15.8. The van der Waals surface area contributed by atoms with Crippen molar-refractivity contribution in [1.29, 1.82) is 0 Å². The number of ether oxygens (including phenoxy) is 1. The fraction of sp³-hybridized carbons (Fsp3) is 0.158. The lowest BCUT2D eigenvalue weighted by molar-refractivity contribution is -0.114. The number of rotatable bonds is 4. The van der Waals surface area contributed by atoms with E-state index in [-0.39, 0.29) is 15.7 Å². The van der Waals surface area contributed by atoms with Gasteiger partial charge in [-0.1, -0.05) is 0 Å². The third-order valence-electron chi connectivity index (χ3n) is 3.88. The lowest BCUT2D eigenvalue weighted by atomic mass is 10.2. The van der Waals surface area contributed by atoms with Gasteiger partial charge in [0.1, 0.15) is 5.75 Å². The lowest BCUT2D eigenvalue weighted by Crippen LogP contribution is -2.07. The number of carbonyl (C=O) groups excluding carboxylic acids is 1. The number of aromatic nitrogens is 1. The zero-order chi connectivity index (χ0) is 18.9. The molecule has 1 aromatic heterocycles. The summed E-state index contributed by atoms with van der Waals surface area (Å²) in [5.41, 5.74) is 1.73. The number of nitrogens with zero attached hydrogens (tertiary/aromatic N) is 1. The minimum Gasteiger partial charge on any atom is -0.497 e. The molecule has 0 unspecified atom stereocenters. The molecule has 3 rings (SSSR count). The average Bonchev–Trinajstić information content (AvgIpc) is 2.60. The maximum Gasteiger partial charge on any atom is 0.221 e. The highest BCUT2D eigenvalue weighted by Gasteiger charge is 2.22. The molecule has 134 valence electrons. The standard InChI is InChI=1S/C19H18N2O4S/c1-12-10-19(17-11-15(25-3)6-9-18(17)20-12)26(23,24)16-7-4-14(5-8-16)21-13(2)22/h4-11H,1-3H3,(H,21,22). The highest BCUT2D eigenvalue weighted by molar-refractivity contribution is 7.91. The Hall–Kier alpha value is -2.93. The van der Waals surface area contributed by atoms with Gasteiger partial charge in [0.2, 0.25) is 15.7 Å². The fourth-order valence-corrected chi connectivity index (χ4v) is 4.22. The van der Waals surface area contributed by atoms with E-state index in [1.807, 2.05) is 0 Å². The zero-order valence-electron chi connectivity index (χ0n) is 14.6. The number of anilines is 1. The molecule has 1 amide bonds. The predicted molar refractivity (Wildman–Crippen MR) is 99.2 cm³/mol. The highest BCUT2D eigenvalue weighted by Crippen LogP contribution is 2.31. The van der Waals surface area contributed by atoms with Crippen molar-refractivity contribution in [2.24, 2.45) is 0 Å². The first kappa shape index (κ1) is 17.9. The Balaban J connectivity index is 2.16. The average molecular weight is 370 g/mol. The second-order valence-corrected chi connectivity index (χ2v) is 7.77. The molecule has 0 aliphatic rings. The Morgan fingerprint density at radius 3 is 2.38 bits per heavy atom. The minimum absolute atomic E-state index is 0.140. The van der Waals surface area contributed by atoms with Gasteiger partial charge in [0, 0.05) is 23.7 Å². The molecule has 0 saturated carbocycles. The van der Waals surface area contributed by atoms with Crippen molar-refractivity contribution in [2.75, 3.05) is 12.4 Å². The first-order valence-corrected chi connectivity index (χ1v) is 9.38. The second kappa shape index (κ2) is 6.76. The quantitative estimate of drug-likeness (QED) is 0.761. The van der Waals surface area contributed by atoms with Crippen molar-refractivity contribution in [2.45, 2.75) is 23.6 Å². The van der Waals surface area contributed by atoms with Crippen LogP contribution in [-0.2, 0) is 14.6 Å². The number of hydrogen-bond acceptors (Lipinski definition) is 5. The number of fused-ring (bicyclic) bond motifs is 1. The van der Waals surface area contributed by atoms with Crippen molar-refractivity contribution in [3.63, 3.8) is 0 Å². The van der Waals surface area contributed by atoms with Crippen LogP contribution in [0.5, 0.6) is 5.75 Å². The summed E-state index contributed by atoms with van der Waals surface area (Å²) in [6.45, 7) is 3.15. The molecule has 6 nitrogen and oxygen atoms in total. The molecule has 0 radical (unpaired) electrons. The van der Waals surface area contributed by atoms with E-state index in [9.17, 15) is 13.2 Å². The van der Waals surface area contributed by atoms with Gasteiger partial charge in [0.25, 0.3) is 0 Å². The number of hydrogen-bond donors (Lipinski definition) is 1. The van der Waals surface area contributed by atoms with Crippen LogP contribution in [-0.4, -0.2) is 26.4 Å². The zero-order valence-corrected chi connectivity index (χ0v) is 15.4. The van der Waals surface area contributed by atoms with E-state index in [0.717, 1.165) is 0 Å². The van der Waals surface area contributed by atoms with Gasteiger partial charge in [-0.05, 0) is 55.5 Å². The van der Waals surface area contributed by atoms with E-state index in [1.54, 1.807) is 43.3 Å². The van der Waals surface area contributed by atoms with Crippen LogP contribution >= 0.6 is 0 Å². The van der Waals surface area contributed by atoms with Gasteiger partial charge < -0.3 is 10.1 Å². The fourth-order valence-electron chi connectivity index (χ4n) is 2.70. The Labute approximate surface area is 151 Å². The molecule has 0 fully saturated rings. The molecule has 3 aromatic rings. The van der Waals surface area contributed by atoms with E-state index in [4.69, 9.17) is 4.74 Å². The van der Waals surface area contributed by atoms with Gasteiger partial charge in [0.15, 0.2) is 0 Å². The largest absolute Gasteiger partial charge is 0.497 e. The van der Waals surface area contributed by atoms with Crippen molar-refractivity contribution in [1.82, 2.24) is 4.98 Å². The van der Waals surface area contributed by atoms with Crippen molar-refractivity contribution in [3.8, 4) is 5.75 Å². The molecule has 26 heavy (non-hydrogen) atoms. The van der Waals surface area contributed by atoms with Crippen LogP contribution in [0.15, 0.2) is 58.3 Å². The smallest absolute Gasteiger partial charge is 0.221 e. The number of sulfone groups is 1. The van der Waals surface area contributed by atoms with E-state index >= 15 is 0 Å². The van der Waals surface area contributed by atoms with Crippen LogP contribution in [0, 0.1) is 6.92 Å². The van der Waals surface area contributed by atoms with E-state index in [2.05, 4.69) is 10.3 Å². The third kappa shape index (κ3) is 3.39. The monoisotopic (exact) mass is 370 g/mol. The van der Waals surface area contributed by atoms with Gasteiger partial charge in [-0.15, -0.1) is 0 Å². The third-order valence-corrected chi connectivity index (χ3v) is 5.69. The van der Waals surface area contributed by atoms with E-state index in [1.165, 1.54) is 26.2 Å². The summed E-state index contributed by atoms with van der Waals surface area (Å²) >= 11 is 0. The topological polar surface area (TPSA) is 85.4 Å². The number of methoxy groups -OCH3 is 1. The number of benzene rings is 2. The Kier molecular flexibility index (Phi) is 4.65. The molecule has 0 aliphatic heterocycles. The molecule has 2 aromatic carbocycles. The maximum atomic E-state index is 13.2. The normalized spacial score (nSPS) is 11.3. The molecule has 0 spiro atoms. The summed E-state index contributed by atoms with van der Waals surface area (Å²) in [7, 11) is -2.24. The molecule has 7 heteroatoms. The summed E-state index contributed by atoms with van der Waals surface area (Å²) < 4.78 is 31.6. The molecular weight excluding hydrogens is 352 g/mol. The van der Waals surface area contributed by atoms with Crippen molar-refractivity contribution >= 4 is 32.3 Å². The molecule has 0 saturated heterocycles. The molecule has 1 N–H and O–H groups in total. The summed E-state index contributed by atoms with van der Waals surface area (Å²) in [6, 6.07) is 12.8. The van der Waals surface area contributed by atoms with Crippen LogP contribution in [0.2, 0.25) is 0 Å². The van der Waals surface area contributed by atoms with Gasteiger partial charge >= 0.3 is 0 Å². The number of amides is 1. The number of pyridine rings is 1. The number of aryl methyl sites for hydroxylation is 1. The molecular formula is C19H18N2O4S.